The van der Waals surface area contributed by atoms with Crippen LogP contribution in [0.1, 0.15) is 23.8 Å². The number of hydrogen-bond donors (Lipinski definition) is 1. The van der Waals surface area contributed by atoms with E-state index < -0.39 is 24.0 Å². The molecule has 1 aliphatic heterocycles. The molecule has 2 atom stereocenters. The van der Waals surface area contributed by atoms with Crippen molar-refractivity contribution in [1.82, 2.24) is 10.2 Å². The van der Waals surface area contributed by atoms with E-state index in [0.29, 0.717) is 5.76 Å². The zero-order valence-corrected chi connectivity index (χ0v) is 13.7. The van der Waals surface area contributed by atoms with Gasteiger partial charge in [-0.25, -0.2) is 0 Å². The zero-order chi connectivity index (χ0) is 18.7. The van der Waals surface area contributed by atoms with E-state index in [1.165, 1.54) is 35.4 Å². The van der Waals surface area contributed by atoms with Gasteiger partial charge < -0.3 is 14.6 Å². The topological polar surface area (TPSA) is 62.6 Å². The lowest BCUT2D eigenvalue weighted by molar-refractivity contribution is -0.164. The van der Waals surface area contributed by atoms with Gasteiger partial charge in [-0.2, -0.15) is 13.2 Å². The quantitative estimate of drug-likeness (QED) is 0.885. The molecule has 3 rings (SSSR count). The van der Waals surface area contributed by atoms with E-state index in [-0.39, 0.29) is 31.0 Å². The van der Waals surface area contributed by atoms with E-state index in [9.17, 15) is 22.8 Å². The van der Waals surface area contributed by atoms with Crippen molar-refractivity contribution in [2.75, 3.05) is 6.54 Å². The van der Waals surface area contributed by atoms with Gasteiger partial charge in [0.2, 0.25) is 11.8 Å². The minimum absolute atomic E-state index is 0.0508. The van der Waals surface area contributed by atoms with E-state index in [1.807, 2.05) is 5.32 Å². The Balaban J connectivity index is 1.67. The molecular formula is C18H17F3N2O3. The molecule has 2 heterocycles. The summed E-state index contributed by atoms with van der Waals surface area (Å²) >= 11 is 0. The van der Waals surface area contributed by atoms with Crippen LogP contribution < -0.4 is 5.32 Å². The highest BCUT2D eigenvalue weighted by atomic mass is 19.4. The highest BCUT2D eigenvalue weighted by Gasteiger charge is 2.44. The van der Waals surface area contributed by atoms with Gasteiger partial charge in [0.25, 0.3) is 0 Å². The van der Waals surface area contributed by atoms with Crippen molar-refractivity contribution in [2.45, 2.75) is 25.2 Å². The predicted octanol–water partition coefficient (Wildman–Crippen LogP) is 3.05. The number of carbonyl (C=O) groups is 2. The first-order valence-corrected chi connectivity index (χ1v) is 8.07. The van der Waals surface area contributed by atoms with Crippen LogP contribution in [-0.2, 0) is 16.1 Å². The molecule has 1 N–H and O–H groups in total. The summed E-state index contributed by atoms with van der Waals surface area (Å²) in [6.07, 6.45) is -3.28. The van der Waals surface area contributed by atoms with Crippen LogP contribution in [0.2, 0.25) is 0 Å². The minimum atomic E-state index is -4.63. The van der Waals surface area contributed by atoms with Gasteiger partial charge in [0.15, 0.2) is 6.04 Å². The molecule has 2 amide bonds. The summed E-state index contributed by atoms with van der Waals surface area (Å²) in [7, 11) is 0. The second-order valence-electron chi connectivity index (χ2n) is 6.15. The third-order valence-electron chi connectivity index (χ3n) is 4.26. The Hall–Kier alpha value is -2.77. The Morgan fingerprint density at radius 3 is 2.58 bits per heavy atom. The monoisotopic (exact) mass is 366 g/mol. The summed E-state index contributed by atoms with van der Waals surface area (Å²) in [5.41, 5.74) is -0.0508. The largest absolute Gasteiger partial charge is 0.467 e. The number of likely N-dealkylation sites (tertiary alicyclic amines) is 1. The highest BCUT2D eigenvalue weighted by molar-refractivity contribution is 5.89. The number of nitrogens with zero attached hydrogens (tertiary/aromatic N) is 1. The number of hydrogen-bond acceptors (Lipinski definition) is 3. The van der Waals surface area contributed by atoms with Crippen molar-refractivity contribution in [2.24, 2.45) is 5.92 Å². The van der Waals surface area contributed by atoms with Crippen molar-refractivity contribution in [3.05, 3.63) is 60.1 Å². The van der Waals surface area contributed by atoms with Crippen LogP contribution in [-0.4, -0.2) is 29.4 Å². The van der Waals surface area contributed by atoms with Crippen LogP contribution in [0.15, 0.2) is 53.1 Å². The Labute approximate surface area is 147 Å². The minimum Gasteiger partial charge on any atom is -0.467 e. The molecule has 0 saturated carbocycles. The van der Waals surface area contributed by atoms with E-state index in [4.69, 9.17) is 4.42 Å². The molecule has 1 aromatic carbocycles. The summed E-state index contributed by atoms with van der Waals surface area (Å²) in [5, 5.41) is 2.05. The molecular weight excluding hydrogens is 349 g/mol. The van der Waals surface area contributed by atoms with Crippen LogP contribution in [0.5, 0.6) is 0 Å². The zero-order valence-electron chi connectivity index (χ0n) is 13.7. The van der Waals surface area contributed by atoms with Crippen molar-refractivity contribution < 1.29 is 27.2 Å². The maximum absolute atomic E-state index is 13.4. The molecule has 1 saturated heterocycles. The summed E-state index contributed by atoms with van der Waals surface area (Å²) in [6, 6.07) is 8.42. The first kappa shape index (κ1) is 18.0. The van der Waals surface area contributed by atoms with Gasteiger partial charge in [-0.05, 0) is 17.7 Å². The molecule has 1 aromatic heterocycles. The van der Waals surface area contributed by atoms with E-state index in [1.54, 1.807) is 18.2 Å². The Morgan fingerprint density at radius 1 is 1.23 bits per heavy atom. The maximum atomic E-state index is 13.4. The SMILES string of the molecule is O=C(N[C@H](c1ccccc1)C(F)(F)F)[C@@H]1CC(=O)N(Cc2ccco2)C1. The van der Waals surface area contributed by atoms with Crippen LogP contribution in [0, 0.1) is 5.92 Å². The predicted molar refractivity (Wildman–Crippen MR) is 85.6 cm³/mol. The normalized spacial score (nSPS) is 18.8. The standard InChI is InChI=1S/C18H17F3N2O3/c19-18(20,21)16(12-5-2-1-3-6-12)22-17(25)13-9-15(24)23(10-13)11-14-7-4-8-26-14/h1-8,13,16H,9-11H2,(H,22,25)/t13-,16-/m1/s1. The highest BCUT2D eigenvalue weighted by Crippen LogP contribution is 2.33. The van der Waals surface area contributed by atoms with Crippen molar-refractivity contribution in [1.29, 1.82) is 0 Å². The van der Waals surface area contributed by atoms with Crippen LogP contribution in [0.3, 0.4) is 0 Å². The van der Waals surface area contributed by atoms with Gasteiger partial charge >= 0.3 is 6.18 Å². The number of amides is 2. The number of furan rings is 1. The van der Waals surface area contributed by atoms with Crippen molar-refractivity contribution >= 4 is 11.8 Å². The van der Waals surface area contributed by atoms with Gasteiger partial charge in [-0.3, -0.25) is 9.59 Å². The molecule has 0 bridgehead atoms. The second kappa shape index (κ2) is 7.23. The van der Waals surface area contributed by atoms with Crippen LogP contribution in [0.4, 0.5) is 13.2 Å². The van der Waals surface area contributed by atoms with Crippen molar-refractivity contribution in [3.63, 3.8) is 0 Å². The lowest BCUT2D eigenvalue weighted by atomic mass is 10.0. The second-order valence-corrected chi connectivity index (χ2v) is 6.15. The summed E-state index contributed by atoms with van der Waals surface area (Å²) in [4.78, 5) is 25.8. The molecule has 0 unspecified atom stereocenters. The van der Waals surface area contributed by atoms with E-state index >= 15 is 0 Å². The Bertz CT molecular complexity index is 760. The van der Waals surface area contributed by atoms with Gasteiger partial charge in [-0.1, -0.05) is 30.3 Å². The maximum Gasteiger partial charge on any atom is 0.412 e. The molecule has 0 aliphatic carbocycles. The molecule has 2 aromatic rings. The van der Waals surface area contributed by atoms with Gasteiger partial charge in [0.05, 0.1) is 18.7 Å². The van der Waals surface area contributed by atoms with Gasteiger partial charge in [0, 0.05) is 13.0 Å². The van der Waals surface area contributed by atoms with Crippen LogP contribution in [0.25, 0.3) is 0 Å². The summed E-state index contributed by atoms with van der Waals surface area (Å²) < 4.78 is 45.2. The summed E-state index contributed by atoms with van der Waals surface area (Å²) in [6.45, 7) is 0.252. The lowest BCUT2D eigenvalue weighted by Gasteiger charge is -2.23. The number of nitrogens with one attached hydrogen (secondary N) is 1. The third kappa shape index (κ3) is 4.07. The first-order chi connectivity index (χ1) is 12.3. The number of alkyl halides is 3. The summed E-state index contributed by atoms with van der Waals surface area (Å²) in [5.74, 6) is -1.35. The molecule has 1 fully saturated rings. The Morgan fingerprint density at radius 2 is 1.96 bits per heavy atom. The van der Waals surface area contributed by atoms with Gasteiger partial charge in [-0.15, -0.1) is 0 Å². The molecule has 5 nitrogen and oxygen atoms in total. The number of halogens is 3. The number of benzene rings is 1. The fourth-order valence-electron chi connectivity index (χ4n) is 2.95. The fourth-order valence-corrected chi connectivity index (χ4v) is 2.95. The molecule has 8 heteroatoms. The molecule has 1 aliphatic rings. The molecule has 0 spiro atoms. The van der Waals surface area contributed by atoms with Crippen molar-refractivity contribution in [3.8, 4) is 0 Å². The van der Waals surface area contributed by atoms with Crippen LogP contribution >= 0.6 is 0 Å². The average Bonchev–Trinajstić information content (AvgIpc) is 3.23. The Kier molecular flexibility index (Phi) is 5.01. The lowest BCUT2D eigenvalue weighted by Crippen LogP contribution is -2.41. The number of carbonyl (C=O) groups excluding carboxylic acids is 2. The molecule has 26 heavy (non-hydrogen) atoms. The number of rotatable bonds is 5. The van der Waals surface area contributed by atoms with E-state index in [0.717, 1.165) is 0 Å². The van der Waals surface area contributed by atoms with E-state index in [2.05, 4.69) is 0 Å². The molecule has 0 radical (unpaired) electrons. The van der Waals surface area contributed by atoms with Gasteiger partial charge in [0.1, 0.15) is 5.76 Å². The first-order valence-electron chi connectivity index (χ1n) is 8.07. The fraction of sp³-hybridized carbons (Fsp3) is 0.333. The smallest absolute Gasteiger partial charge is 0.412 e. The molecule has 138 valence electrons. The average molecular weight is 366 g/mol. The third-order valence-corrected chi connectivity index (χ3v) is 4.26.